The van der Waals surface area contributed by atoms with Crippen molar-refractivity contribution in [2.75, 3.05) is 17.6 Å². The quantitative estimate of drug-likeness (QED) is 0.478. The molecule has 0 radical (unpaired) electrons. The maximum Gasteiger partial charge on any atom is 0.259 e. The van der Waals surface area contributed by atoms with Gasteiger partial charge >= 0.3 is 0 Å². The van der Waals surface area contributed by atoms with Gasteiger partial charge in [-0.3, -0.25) is 15.0 Å². The number of carbonyl (C=O) groups excluding carboxylic acids is 1. The number of thiophene rings is 1. The SMILES string of the molecule is Nc1nc2c(C(=O)Nc3nc4c(s3)CN(Cc3ccsc3)CC4)cccc2[nH]1. The first-order valence-corrected chi connectivity index (χ1v) is 10.7. The van der Waals surface area contributed by atoms with Crippen molar-refractivity contribution >= 4 is 50.7 Å². The molecule has 3 aromatic heterocycles. The number of benzene rings is 1. The van der Waals surface area contributed by atoms with Gasteiger partial charge in [0.25, 0.3) is 5.91 Å². The Labute approximate surface area is 169 Å². The van der Waals surface area contributed by atoms with Crippen LogP contribution in [0.1, 0.15) is 26.5 Å². The lowest BCUT2D eigenvalue weighted by Crippen LogP contribution is -2.29. The highest BCUT2D eigenvalue weighted by molar-refractivity contribution is 7.15. The van der Waals surface area contributed by atoms with Crippen molar-refractivity contribution in [2.24, 2.45) is 0 Å². The Morgan fingerprint density at radius 2 is 2.25 bits per heavy atom. The number of rotatable bonds is 4. The molecule has 142 valence electrons. The van der Waals surface area contributed by atoms with Crippen molar-refractivity contribution in [3.05, 3.63) is 56.7 Å². The molecule has 0 saturated heterocycles. The van der Waals surface area contributed by atoms with E-state index in [1.54, 1.807) is 28.7 Å². The molecule has 28 heavy (non-hydrogen) atoms. The molecule has 0 aliphatic carbocycles. The van der Waals surface area contributed by atoms with Crippen molar-refractivity contribution in [3.63, 3.8) is 0 Å². The van der Waals surface area contributed by atoms with E-state index in [9.17, 15) is 4.79 Å². The number of nitrogen functional groups attached to an aromatic ring is 1. The van der Waals surface area contributed by atoms with E-state index in [-0.39, 0.29) is 5.91 Å². The van der Waals surface area contributed by atoms with Crippen LogP contribution in [0.15, 0.2) is 35.0 Å². The minimum Gasteiger partial charge on any atom is -0.369 e. The normalized spacial score (nSPS) is 14.3. The summed E-state index contributed by atoms with van der Waals surface area (Å²) in [5.41, 5.74) is 9.96. The molecule has 1 amide bonds. The molecule has 4 heterocycles. The van der Waals surface area contributed by atoms with Gasteiger partial charge in [-0.1, -0.05) is 6.07 Å². The van der Waals surface area contributed by atoms with Crippen LogP contribution in [0.2, 0.25) is 0 Å². The van der Waals surface area contributed by atoms with Crippen molar-refractivity contribution in [3.8, 4) is 0 Å². The van der Waals surface area contributed by atoms with E-state index < -0.39 is 0 Å². The van der Waals surface area contributed by atoms with E-state index in [0.717, 1.165) is 37.3 Å². The van der Waals surface area contributed by atoms with Gasteiger partial charge < -0.3 is 10.7 Å². The van der Waals surface area contributed by atoms with Gasteiger partial charge in [-0.05, 0) is 34.5 Å². The lowest BCUT2D eigenvalue weighted by atomic mass is 10.1. The Balaban J connectivity index is 1.33. The maximum absolute atomic E-state index is 12.8. The third-order valence-corrected chi connectivity index (χ3v) is 6.52. The first-order chi connectivity index (χ1) is 13.7. The van der Waals surface area contributed by atoms with Gasteiger partial charge in [0.15, 0.2) is 11.1 Å². The van der Waals surface area contributed by atoms with Gasteiger partial charge in [-0.15, -0.1) is 11.3 Å². The Hall–Kier alpha value is -2.75. The molecule has 7 nitrogen and oxygen atoms in total. The van der Waals surface area contributed by atoms with Gasteiger partial charge in [0, 0.05) is 30.9 Å². The Morgan fingerprint density at radius 1 is 1.32 bits per heavy atom. The number of thiazole rings is 1. The van der Waals surface area contributed by atoms with Crippen LogP contribution in [-0.4, -0.2) is 32.3 Å². The summed E-state index contributed by atoms with van der Waals surface area (Å²) in [7, 11) is 0. The minimum absolute atomic E-state index is 0.224. The monoisotopic (exact) mass is 410 g/mol. The molecule has 0 saturated carbocycles. The number of nitrogens with one attached hydrogen (secondary N) is 2. The standard InChI is InChI=1S/C19H18N6OS2/c20-18-21-14-3-1-2-12(16(14)23-18)17(26)24-19-22-13-4-6-25(9-15(13)28-19)8-11-5-7-27-10-11/h1-3,5,7,10H,4,6,8-9H2,(H3,20,21,23)(H,22,24,26). The molecule has 9 heteroatoms. The van der Waals surface area contributed by atoms with Crippen molar-refractivity contribution < 1.29 is 4.79 Å². The molecular formula is C19H18N6OS2. The zero-order chi connectivity index (χ0) is 19.1. The second-order valence-corrected chi connectivity index (χ2v) is 8.62. The lowest BCUT2D eigenvalue weighted by Gasteiger charge is -2.25. The van der Waals surface area contributed by atoms with Crippen LogP contribution in [0.3, 0.4) is 0 Å². The van der Waals surface area contributed by atoms with Gasteiger partial charge in [-0.2, -0.15) is 11.3 Å². The van der Waals surface area contributed by atoms with E-state index in [1.807, 2.05) is 12.1 Å². The van der Waals surface area contributed by atoms with Crippen LogP contribution >= 0.6 is 22.7 Å². The average molecular weight is 411 g/mol. The molecule has 0 fully saturated rings. The van der Waals surface area contributed by atoms with Crippen molar-refractivity contribution in [1.29, 1.82) is 0 Å². The number of amides is 1. The van der Waals surface area contributed by atoms with E-state index in [4.69, 9.17) is 5.73 Å². The highest BCUT2D eigenvalue weighted by atomic mass is 32.1. The van der Waals surface area contributed by atoms with E-state index >= 15 is 0 Å². The smallest absolute Gasteiger partial charge is 0.259 e. The number of aromatic nitrogens is 3. The minimum atomic E-state index is -0.224. The Bertz CT molecular complexity index is 1150. The number of carbonyl (C=O) groups is 1. The first kappa shape index (κ1) is 17.4. The predicted molar refractivity (Wildman–Crippen MR) is 113 cm³/mol. The number of nitrogens with two attached hydrogens (primary N) is 1. The summed E-state index contributed by atoms with van der Waals surface area (Å²) >= 11 is 3.28. The molecule has 0 unspecified atom stereocenters. The topological polar surface area (TPSA) is 99.9 Å². The Morgan fingerprint density at radius 3 is 3.11 bits per heavy atom. The molecule has 1 aliphatic rings. The largest absolute Gasteiger partial charge is 0.369 e. The fourth-order valence-corrected chi connectivity index (χ4v) is 5.18. The molecule has 1 aliphatic heterocycles. The fourth-order valence-electron chi connectivity index (χ4n) is 3.48. The fraction of sp³-hybridized carbons (Fsp3) is 0.211. The summed E-state index contributed by atoms with van der Waals surface area (Å²) < 4.78 is 0. The van der Waals surface area contributed by atoms with Gasteiger partial charge in [-0.25, -0.2) is 9.97 Å². The zero-order valence-electron chi connectivity index (χ0n) is 14.9. The van der Waals surface area contributed by atoms with Crippen LogP contribution < -0.4 is 11.1 Å². The number of hydrogen-bond donors (Lipinski definition) is 3. The number of para-hydroxylation sites is 1. The molecule has 0 atom stereocenters. The van der Waals surface area contributed by atoms with Crippen LogP contribution in [0.5, 0.6) is 0 Å². The lowest BCUT2D eigenvalue weighted by molar-refractivity contribution is 0.102. The highest BCUT2D eigenvalue weighted by Gasteiger charge is 2.22. The number of H-pyrrole nitrogens is 1. The Kier molecular flexibility index (Phi) is 4.34. The summed E-state index contributed by atoms with van der Waals surface area (Å²) in [6.45, 7) is 2.79. The van der Waals surface area contributed by atoms with Crippen molar-refractivity contribution in [1.82, 2.24) is 19.9 Å². The number of anilines is 2. The summed E-state index contributed by atoms with van der Waals surface area (Å²) in [6.07, 6.45) is 0.900. The molecule has 4 aromatic rings. The highest BCUT2D eigenvalue weighted by Crippen LogP contribution is 2.30. The second kappa shape index (κ2) is 7.01. The number of fused-ring (bicyclic) bond motifs is 2. The molecule has 1 aromatic carbocycles. The van der Waals surface area contributed by atoms with E-state index in [2.05, 4.69) is 42.0 Å². The van der Waals surface area contributed by atoms with Crippen LogP contribution in [-0.2, 0) is 19.5 Å². The number of nitrogens with zero attached hydrogens (tertiary/aromatic N) is 3. The second-order valence-electron chi connectivity index (χ2n) is 6.76. The molecule has 5 rings (SSSR count). The summed E-state index contributed by atoms with van der Waals surface area (Å²) in [4.78, 5) is 28.2. The van der Waals surface area contributed by atoms with Crippen molar-refractivity contribution in [2.45, 2.75) is 19.5 Å². The zero-order valence-corrected chi connectivity index (χ0v) is 16.6. The molecular weight excluding hydrogens is 392 g/mol. The van der Waals surface area contributed by atoms with Gasteiger partial charge in [0.2, 0.25) is 0 Å². The van der Waals surface area contributed by atoms with Gasteiger partial charge in [0.1, 0.15) is 5.52 Å². The number of aromatic amines is 1. The summed E-state index contributed by atoms with van der Waals surface area (Å²) in [5, 5.41) is 7.87. The van der Waals surface area contributed by atoms with E-state index in [1.165, 1.54) is 10.4 Å². The number of hydrogen-bond acceptors (Lipinski definition) is 7. The molecule has 4 N–H and O–H groups in total. The summed E-state index contributed by atoms with van der Waals surface area (Å²) in [5.74, 6) is 0.0732. The molecule has 0 bridgehead atoms. The number of imidazole rings is 1. The van der Waals surface area contributed by atoms with Crippen LogP contribution in [0.25, 0.3) is 11.0 Å². The third kappa shape index (κ3) is 3.28. The summed E-state index contributed by atoms with van der Waals surface area (Å²) in [6, 6.07) is 7.57. The van der Waals surface area contributed by atoms with Crippen LogP contribution in [0.4, 0.5) is 11.1 Å². The predicted octanol–water partition coefficient (Wildman–Crippen LogP) is 3.47. The third-order valence-electron chi connectivity index (χ3n) is 4.79. The maximum atomic E-state index is 12.8. The van der Waals surface area contributed by atoms with E-state index in [0.29, 0.717) is 22.2 Å². The van der Waals surface area contributed by atoms with Crippen LogP contribution in [0, 0.1) is 0 Å². The van der Waals surface area contributed by atoms with Gasteiger partial charge in [0.05, 0.1) is 16.8 Å². The average Bonchev–Trinajstić information content (AvgIpc) is 3.39. The molecule has 0 spiro atoms. The first-order valence-electron chi connectivity index (χ1n) is 8.93.